The van der Waals surface area contributed by atoms with Gasteiger partial charge in [0.15, 0.2) is 0 Å². The number of anilines is 1. The molecule has 0 heterocycles. The Morgan fingerprint density at radius 3 is 2.62 bits per heavy atom. The standard InChI is InChI=1S/C22H25N3O3S/c1-15-10-16-12-18(28-2)8-9-19(16)20(11-15)24-25-22(27)14-29-13-21(26)23-17-6-4-3-5-7-17/h3-9,12,15H,10-11,13-14H2,1-2H3,(H,23,26)(H,25,27). The van der Waals surface area contributed by atoms with Crippen LogP contribution in [0.5, 0.6) is 5.75 Å². The van der Waals surface area contributed by atoms with Gasteiger partial charge in [-0.25, -0.2) is 5.43 Å². The second-order valence-corrected chi connectivity index (χ2v) is 8.02. The van der Waals surface area contributed by atoms with Crippen molar-refractivity contribution in [2.45, 2.75) is 19.8 Å². The number of para-hydroxylation sites is 1. The van der Waals surface area contributed by atoms with E-state index in [4.69, 9.17) is 4.74 Å². The minimum Gasteiger partial charge on any atom is -0.497 e. The van der Waals surface area contributed by atoms with E-state index in [0.29, 0.717) is 5.92 Å². The average Bonchev–Trinajstić information content (AvgIpc) is 2.72. The van der Waals surface area contributed by atoms with Crippen molar-refractivity contribution in [3.63, 3.8) is 0 Å². The molecule has 0 aliphatic heterocycles. The summed E-state index contributed by atoms with van der Waals surface area (Å²) in [5, 5.41) is 7.15. The third-order valence-corrected chi connectivity index (χ3v) is 5.51. The van der Waals surface area contributed by atoms with Crippen LogP contribution in [-0.2, 0) is 16.0 Å². The maximum atomic E-state index is 12.1. The van der Waals surface area contributed by atoms with Gasteiger partial charge in [-0.1, -0.05) is 25.1 Å². The van der Waals surface area contributed by atoms with E-state index >= 15 is 0 Å². The van der Waals surface area contributed by atoms with Gasteiger partial charge in [-0.15, -0.1) is 11.8 Å². The summed E-state index contributed by atoms with van der Waals surface area (Å²) >= 11 is 1.26. The first-order valence-corrected chi connectivity index (χ1v) is 10.7. The Labute approximate surface area is 175 Å². The lowest BCUT2D eigenvalue weighted by molar-refractivity contribution is -0.118. The van der Waals surface area contributed by atoms with Crippen molar-refractivity contribution in [2.75, 3.05) is 23.9 Å². The molecular formula is C22H25N3O3S. The highest BCUT2D eigenvalue weighted by atomic mass is 32.2. The number of hydrogen-bond acceptors (Lipinski definition) is 5. The number of ether oxygens (including phenoxy) is 1. The molecule has 2 N–H and O–H groups in total. The van der Waals surface area contributed by atoms with Crippen LogP contribution in [0.25, 0.3) is 0 Å². The average molecular weight is 412 g/mol. The highest BCUT2D eigenvalue weighted by Gasteiger charge is 2.21. The number of thioether (sulfide) groups is 1. The Balaban J connectivity index is 1.50. The minimum absolute atomic E-state index is 0.135. The van der Waals surface area contributed by atoms with E-state index in [1.165, 1.54) is 17.3 Å². The van der Waals surface area contributed by atoms with Crippen LogP contribution in [0.1, 0.15) is 24.5 Å². The van der Waals surface area contributed by atoms with E-state index in [-0.39, 0.29) is 23.3 Å². The molecule has 0 spiro atoms. The maximum Gasteiger partial charge on any atom is 0.250 e. The van der Waals surface area contributed by atoms with Crippen molar-refractivity contribution in [3.05, 3.63) is 59.7 Å². The number of benzene rings is 2. The summed E-state index contributed by atoms with van der Waals surface area (Å²) in [5.74, 6) is 1.29. The minimum atomic E-state index is -0.219. The first kappa shape index (κ1) is 20.9. The fourth-order valence-corrected chi connectivity index (χ4v) is 3.87. The topological polar surface area (TPSA) is 79.8 Å². The maximum absolute atomic E-state index is 12.1. The molecule has 1 unspecified atom stereocenters. The number of fused-ring (bicyclic) bond motifs is 1. The lowest BCUT2D eigenvalue weighted by atomic mass is 9.83. The van der Waals surface area contributed by atoms with Gasteiger partial charge in [0.05, 0.1) is 24.3 Å². The summed E-state index contributed by atoms with van der Waals surface area (Å²) in [4.78, 5) is 24.1. The van der Waals surface area contributed by atoms with Crippen molar-refractivity contribution in [3.8, 4) is 5.75 Å². The Hall–Kier alpha value is -2.80. The molecule has 1 aliphatic rings. The smallest absolute Gasteiger partial charge is 0.250 e. The molecule has 1 aliphatic carbocycles. The van der Waals surface area contributed by atoms with E-state index in [0.717, 1.165) is 35.6 Å². The van der Waals surface area contributed by atoms with E-state index in [9.17, 15) is 9.59 Å². The highest BCUT2D eigenvalue weighted by Crippen LogP contribution is 2.28. The number of hydrazone groups is 1. The van der Waals surface area contributed by atoms with Crippen molar-refractivity contribution < 1.29 is 14.3 Å². The second-order valence-electron chi connectivity index (χ2n) is 7.04. The second kappa shape index (κ2) is 10.1. The molecule has 0 fully saturated rings. The fraction of sp³-hybridized carbons (Fsp3) is 0.318. The third-order valence-electron chi connectivity index (χ3n) is 4.57. The summed E-state index contributed by atoms with van der Waals surface area (Å²) in [5.41, 5.74) is 6.49. The van der Waals surface area contributed by atoms with Gasteiger partial charge in [-0.3, -0.25) is 9.59 Å². The third kappa shape index (κ3) is 6.09. The molecule has 7 heteroatoms. The number of carbonyl (C=O) groups excluding carboxylic acids is 2. The molecule has 1 atom stereocenters. The first-order chi connectivity index (χ1) is 14.0. The van der Waals surface area contributed by atoms with Crippen LogP contribution in [0.3, 0.4) is 0 Å². The van der Waals surface area contributed by atoms with Crippen molar-refractivity contribution >= 4 is 35.0 Å². The van der Waals surface area contributed by atoms with Gasteiger partial charge in [0.2, 0.25) is 11.8 Å². The van der Waals surface area contributed by atoms with E-state index < -0.39 is 0 Å². The van der Waals surface area contributed by atoms with Crippen LogP contribution in [0, 0.1) is 5.92 Å². The molecule has 0 radical (unpaired) electrons. The number of methoxy groups -OCH3 is 1. The number of hydrogen-bond donors (Lipinski definition) is 2. The monoisotopic (exact) mass is 411 g/mol. The Morgan fingerprint density at radius 1 is 1.10 bits per heavy atom. The molecule has 2 aromatic rings. The number of nitrogens with one attached hydrogen (secondary N) is 2. The van der Waals surface area contributed by atoms with E-state index in [1.807, 2.05) is 48.5 Å². The van der Waals surface area contributed by atoms with E-state index in [1.54, 1.807) is 7.11 Å². The van der Waals surface area contributed by atoms with Gasteiger partial charge in [-0.05, 0) is 54.7 Å². The predicted octanol–water partition coefficient (Wildman–Crippen LogP) is 3.47. The summed E-state index contributed by atoms with van der Waals surface area (Å²) < 4.78 is 5.30. The molecule has 3 rings (SSSR count). The van der Waals surface area contributed by atoms with Gasteiger partial charge in [-0.2, -0.15) is 5.10 Å². The van der Waals surface area contributed by atoms with Gasteiger partial charge >= 0.3 is 0 Å². The molecule has 152 valence electrons. The quantitative estimate of drug-likeness (QED) is 0.684. The number of carbonyl (C=O) groups is 2. The lowest BCUT2D eigenvalue weighted by Crippen LogP contribution is -2.26. The zero-order valence-electron chi connectivity index (χ0n) is 16.6. The summed E-state index contributed by atoms with van der Waals surface area (Å²) in [7, 11) is 1.65. The zero-order chi connectivity index (χ0) is 20.6. The van der Waals surface area contributed by atoms with Crippen molar-refractivity contribution in [2.24, 2.45) is 11.0 Å². The summed E-state index contributed by atoms with van der Waals surface area (Å²) in [6.45, 7) is 2.17. The SMILES string of the molecule is COc1ccc2c(c1)CC(C)CC2=NNC(=O)CSCC(=O)Nc1ccccc1. The molecule has 0 bridgehead atoms. The van der Waals surface area contributed by atoms with Gasteiger partial charge < -0.3 is 10.1 Å². The predicted molar refractivity (Wildman–Crippen MR) is 118 cm³/mol. The van der Waals surface area contributed by atoms with Gasteiger partial charge in [0.25, 0.3) is 0 Å². The number of amides is 2. The largest absolute Gasteiger partial charge is 0.497 e. The van der Waals surface area contributed by atoms with Crippen molar-refractivity contribution in [1.82, 2.24) is 5.43 Å². The number of rotatable bonds is 7. The summed E-state index contributed by atoms with van der Waals surface area (Å²) in [6, 6.07) is 15.2. The highest BCUT2D eigenvalue weighted by molar-refractivity contribution is 8.00. The van der Waals surface area contributed by atoms with Gasteiger partial charge in [0, 0.05) is 11.3 Å². The van der Waals surface area contributed by atoms with Crippen LogP contribution in [-0.4, -0.2) is 36.1 Å². The molecular weight excluding hydrogens is 386 g/mol. The van der Waals surface area contributed by atoms with Crippen LogP contribution >= 0.6 is 11.8 Å². The number of nitrogens with zero attached hydrogens (tertiary/aromatic N) is 1. The Kier molecular flexibility index (Phi) is 7.30. The molecule has 0 saturated heterocycles. The van der Waals surface area contributed by atoms with Crippen molar-refractivity contribution in [1.29, 1.82) is 0 Å². The molecule has 2 amide bonds. The van der Waals surface area contributed by atoms with Crippen LogP contribution in [0.15, 0.2) is 53.6 Å². The first-order valence-electron chi connectivity index (χ1n) is 9.50. The molecule has 0 aromatic heterocycles. The Bertz CT molecular complexity index is 899. The van der Waals surface area contributed by atoms with E-state index in [2.05, 4.69) is 22.8 Å². The van der Waals surface area contributed by atoms with Crippen LogP contribution < -0.4 is 15.5 Å². The Morgan fingerprint density at radius 2 is 1.86 bits per heavy atom. The molecule has 29 heavy (non-hydrogen) atoms. The fourth-order valence-electron chi connectivity index (χ4n) is 3.26. The molecule has 2 aromatic carbocycles. The zero-order valence-corrected chi connectivity index (χ0v) is 17.4. The van der Waals surface area contributed by atoms with Crippen LogP contribution in [0.4, 0.5) is 5.69 Å². The molecule has 6 nitrogen and oxygen atoms in total. The lowest BCUT2D eigenvalue weighted by Gasteiger charge is -2.23. The van der Waals surface area contributed by atoms with Crippen LogP contribution in [0.2, 0.25) is 0 Å². The molecule has 0 saturated carbocycles. The normalized spacial score (nSPS) is 16.8. The summed E-state index contributed by atoms with van der Waals surface area (Å²) in [6.07, 6.45) is 1.78. The van der Waals surface area contributed by atoms with Gasteiger partial charge in [0.1, 0.15) is 5.75 Å².